The number of benzene rings is 1. The van der Waals surface area contributed by atoms with Crippen molar-refractivity contribution in [2.75, 3.05) is 13.7 Å². The fourth-order valence-corrected chi connectivity index (χ4v) is 2.96. The standard InChI is InChI=1S/C15H23BrFNO/c1-5-15(6-2,19-4)14(18-7-3)12-10-11(16)8-9-13(12)17/h8-10,14,18H,5-7H2,1-4H3. The molecule has 4 heteroatoms. The smallest absolute Gasteiger partial charge is 0.128 e. The van der Waals surface area contributed by atoms with Gasteiger partial charge < -0.3 is 10.1 Å². The molecule has 0 saturated heterocycles. The van der Waals surface area contributed by atoms with Crippen molar-refractivity contribution in [1.82, 2.24) is 5.32 Å². The Kier molecular flexibility index (Phi) is 6.43. The van der Waals surface area contributed by atoms with Crippen LogP contribution in [0.2, 0.25) is 0 Å². The number of halogens is 2. The highest BCUT2D eigenvalue weighted by molar-refractivity contribution is 9.10. The lowest BCUT2D eigenvalue weighted by Crippen LogP contribution is -2.45. The van der Waals surface area contributed by atoms with Gasteiger partial charge in [0.25, 0.3) is 0 Å². The molecule has 0 aliphatic carbocycles. The van der Waals surface area contributed by atoms with Gasteiger partial charge in [-0.3, -0.25) is 0 Å². The minimum atomic E-state index is -0.391. The number of likely N-dealkylation sites (N-methyl/N-ethyl adjacent to an activating group) is 1. The van der Waals surface area contributed by atoms with Crippen LogP contribution in [0.1, 0.15) is 45.2 Å². The van der Waals surface area contributed by atoms with Crippen molar-refractivity contribution in [3.8, 4) is 0 Å². The summed E-state index contributed by atoms with van der Waals surface area (Å²) in [5.41, 5.74) is 0.263. The molecule has 0 aliphatic rings. The van der Waals surface area contributed by atoms with Crippen molar-refractivity contribution in [1.29, 1.82) is 0 Å². The van der Waals surface area contributed by atoms with E-state index < -0.39 is 5.60 Å². The van der Waals surface area contributed by atoms with E-state index >= 15 is 0 Å². The van der Waals surface area contributed by atoms with Gasteiger partial charge in [0.2, 0.25) is 0 Å². The highest BCUT2D eigenvalue weighted by Crippen LogP contribution is 2.36. The van der Waals surface area contributed by atoms with Crippen molar-refractivity contribution < 1.29 is 9.13 Å². The predicted octanol–water partition coefficient (Wildman–Crippen LogP) is 4.44. The summed E-state index contributed by atoms with van der Waals surface area (Å²) in [6.45, 7) is 6.94. The van der Waals surface area contributed by atoms with Crippen LogP contribution in [0.25, 0.3) is 0 Å². The number of hydrogen-bond donors (Lipinski definition) is 1. The van der Waals surface area contributed by atoms with Crippen molar-refractivity contribution in [3.63, 3.8) is 0 Å². The number of methoxy groups -OCH3 is 1. The minimum absolute atomic E-state index is 0.157. The maximum absolute atomic E-state index is 14.2. The molecule has 19 heavy (non-hydrogen) atoms. The SMILES string of the molecule is CCNC(c1cc(Br)ccc1F)C(CC)(CC)OC. The van der Waals surface area contributed by atoms with Crippen molar-refractivity contribution in [3.05, 3.63) is 34.1 Å². The summed E-state index contributed by atoms with van der Waals surface area (Å²) >= 11 is 3.41. The van der Waals surface area contributed by atoms with Gasteiger partial charge in [0, 0.05) is 17.1 Å². The average molecular weight is 332 g/mol. The quantitative estimate of drug-likeness (QED) is 0.797. The second kappa shape index (κ2) is 7.36. The van der Waals surface area contributed by atoms with Crippen molar-refractivity contribution >= 4 is 15.9 Å². The van der Waals surface area contributed by atoms with Crippen molar-refractivity contribution in [2.24, 2.45) is 0 Å². The van der Waals surface area contributed by atoms with Crippen LogP contribution in [0.5, 0.6) is 0 Å². The molecule has 0 aliphatic heterocycles. The van der Waals surface area contributed by atoms with Gasteiger partial charge in [-0.05, 0) is 37.6 Å². The minimum Gasteiger partial charge on any atom is -0.376 e. The van der Waals surface area contributed by atoms with Crippen molar-refractivity contribution in [2.45, 2.75) is 45.3 Å². The van der Waals surface area contributed by atoms with E-state index in [2.05, 4.69) is 35.1 Å². The largest absolute Gasteiger partial charge is 0.376 e. The molecule has 1 aromatic carbocycles. The topological polar surface area (TPSA) is 21.3 Å². The molecular weight excluding hydrogens is 309 g/mol. The van der Waals surface area contributed by atoms with Gasteiger partial charge >= 0.3 is 0 Å². The molecule has 0 heterocycles. The molecule has 0 amide bonds. The first-order valence-corrected chi connectivity index (χ1v) is 7.57. The van der Waals surface area contributed by atoms with Crippen LogP contribution in [0.3, 0.4) is 0 Å². The third-order valence-corrected chi connectivity index (χ3v) is 4.30. The fourth-order valence-electron chi connectivity index (χ4n) is 2.58. The van der Waals surface area contributed by atoms with Gasteiger partial charge in [0.15, 0.2) is 0 Å². The molecule has 0 saturated carbocycles. The number of nitrogens with one attached hydrogen (secondary N) is 1. The summed E-state index contributed by atoms with van der Waals surface area (Å²) in [5, 5.41) is 3.37. The summed E-state index contributed by atoms with van der Waals surface area (Å²) in [6, 6.07) is 4.89. The Bertz CT molecular complexity index is 399. The molecule has 1 atom stereocenters. The molecule has 0 bridgehead atoms. The molecule has 2 nitrogen and oxygen atoms in total. The summed E-state index contributed by atoms with van der Waals surface area (Å²) in [6.07, 6.45) is 1.65. The lowest BCUT2D eigenvalue weighted by atomic mass is 9.83. The third kappa shape index (κ3) is 3.56. The Hall–Kier alpha value is -0.450. The van der Waals surface area contributed by atoms with Crippen LogP contribution >= 0.6 is 15.9 Å². The third-order valence-electron chi connectivity index (χ3n) is 3.81. The molecule has 0 radical (unpaired) electrons. The zero-order valence-electron chi connectivity index (χ0n) is 12.1. The number of rotatable bonds is 7. The predicted molar refractivity (Wildman–Crippen MR) is 80.8 cm³/mol. The van der Waals surface area contributed by atoms with E-state index in [1.165, 1.54) is 6.07 Å². The molecule has 108 valence electrons. The Balaban J connectivity index is 3.29. The van der Waals surface area contributed by atoms with Crippen LogP contribution in [-0.2, 0) is 4.74 Å². The second-order valence-electron chi connectivity index (χ2n) is 4.63. The monoisotopic (exact) mass is 331 g/mol. The maximum atomic E-state index is 14.2. The van der Waals surface area contributed by atoms with E-state index in [0.29, 0.717) is 5.56 Å². The van der Waals surface area contributed by atoms with Crippen LogP contribution < -0.4 is 5.32 Å². The van der Waals surface area contributed by atoms with Gasteiger partial charge in [-0.25, -0.2) is 4.39 Å². The first-order valence-electron chi connectivity index (χ1n) is 6.78. The number of hydrogen-bond acceptors (Lipinski definition) is 2. The van der Waals surface area contributed by atoms with E-state index in [1.54, 1.807) is 13.2 Å². The van der Waals surface area contributed by atoms with Crippen LogP contribution in [0, 0.1) is 5.82 Å². The molecule has 1 rings (SSSR count). The van der Waals surface area contributed by atoms with E-state index in [9.17, 15) is 4.39 Å². The molecule has 1 unspecified atom stereocenters. The molecule has 0 fully saturated rings. The Morgan fingerprint density at radius 2 is 1.95 bits per heavy atom. The van der Waals surface area contributed by atoms with Gasteiger partial charge in [0.1, 0.15) is 5.82 Å². The molecule has 0 spiro atoms. The zero-order chi connectivity index (χ0) is 14.5. The fraction of sp³-hybridized carbons (Fsp3) is 0.600. The van der Waals surface area contributed by atoms with Gasteiger partial charge in [-0.1, -0.05) is 36.7 Å². The first kappa shape index (κ1) is 16.6. The summed E-state index contributed by atoms with van der Waals surface area (Å²) in [7, 11) is 1.70. The second-order valence-corrected chi connectivity index (χ2v) is 5.55. The molecule has 1 aromatic rings. The Labute approximate surface area is 123 Å². The van der Waals surface area contributed by atoms with Gasteiger partial charge in [-0.15, -0.1) is 0 Å². The van der Waals surface area contributed by atoms with Crippen LogP contribution in [0.15, 0.2) is 22.7 Å². The average Bonchev–Trinajstić information content (AvgIpc) is 2.43. The van der Waals surface area contributed by atoms with Gasteiger partial charge in [-0.2, -0.15) is 0 Å². The van der Waals surface area contributed by atoms with Crippen LogP contribution in [0.4, 0.5) is 4.39 Å². The maximum Gasteiger partial charge on any atom is 0.128 e. The normalized spacial score (nSPS) is 13.6. The Morgan fingerprint density at radius 3 is 2.42 bits per heavy atom. The molecule has 0 aromatic heterocycles. The summed E-state index contributed by atoms with van der Waals surface area (Å²) in [4.78, 5) is 0. The van der Waals surface area contributed by atoms with E-state index in [1.807, 2.05) is 13.0 Å². The van der Waals surface area contributed by atoms with E-state index in [-0.39, 0.29) is 11.9 Å². The molecule has 1 N–H and O–H groups in total. The van der Waals surface area contributed by atoms with E-state index in [0.717, 1.165) is 23.9 Å². The zero-order valence-corrected chi connectivity index (χ0v) is 13.7. The number of ether oxygens (including phenoxy) is 1. The molecular formula is C15H23BrFNO. The summed E-state index contributed by atoms with van der Waals surface area (Å²) < 4.78 is 20.8. The lowest BCUT2D eigenvalue weighted by molar-refractivity contribution is -0.0490. The highest BCUT2D eigenvalue weighted by atomic mass is 79.9. The Morgan fingerprint density at radius 1 is 1.32 bits per heavy atom. The highest BCUT2D eigenvalue weighted by Gasteiger charge is 2.37. The van der Waals surface area contributed by atoms with E-state index in [4.69, 9.17) is 4.74 Å². The first-order chi connectivity index (χ1) is 9.04. The van der Waals surface area contributed by atoms with Crippen LogP contribution in [-0.4, -0.2) is 19.3 Å². The van der Waals surface area contributed by atoms with Gasteiger partial charge in [0.05, 0.1) is 11.6 Å². The summed E-state index contributed by atoms with van der Waals surface area (Å²) in [5.74, 6) is -0.197. The lowest BCUT2D eigenvalue weighted by Gasteiger charge is -2.39.